The highest BCUT2D eigenvalue weighted by Crippen LogP contribution is 2.18. The number of hydrogen-bond donors (Lipinski definition) is 1. The lowest BCUT2D eigenvalue weighted by atomic mass is 9.98. The van der Waals surface area contributed by atoms with Crippen molar-refractivity contribution in [1.82, 2.24) is 5.32 Å². The maximum absolute atomic E-state index is 12.8. The smallest absolute Gasteiger partial charge is 0.339 e. The minimum Gasteiger partial charge on any atom is -0.452 e. The van der Waals surface area contributed by atoms with Crippen LogP contribution in [0.15, 0.2) is 72.8 Å². The van der Waals surface area contributed by atoms with Crippen LogP contribution in [0.2, 0.25) is 10.0 Å². The molecule has 0 unspecified atom stereocenters. The molecule has 3 aromatic rings. The molecule has 0 heterocycles. The van der Waals surface area contributed by atoms with Crippen molar-refractivity contribution >= 4 is 40.9 Å². The summed E-state index contributed by atoms with van der Waals surface area (Å²) in [6.07, 6.45) is 0. The molecule has 3 rings (SSSR count). The summed E-state index contributed by atoms with van der Waals surface area (Å²) in [4.78, 5) is 37.3. The molecule has 30 heavy (non-hydrogen) atoms. The van der Waals surface area contributed by atoms with Gasteiger partial charge in [0.05, 0.1) is 5.56 Å². The Morgan fingerprint density at radius 1 is 0.800 bits per heavy atom. The third-order valence-corrected chi connectivity index (χ3v) is 4.70. The zero-order chi connectivity index (χ0) is 21.5. The van der Waals surface area contributed by atoms with Gasteiger partial charge in [0.2, 0.25) is 0 Å². The van der Waals surface area contributed by atoms with E-state index in [1.165, 1.54) is 12.1 Å². The fourth-order valence-electron chi connectivity index (χ4n) is 2.72. The summed E-state index contributed by atoms with van der Waals surface area (Å²) in [6, 6.07) is 19.7. The summed E-state index contributed by atoms with van der Waals surface area (Å²) < 4.78 is 5.10. The molecule has 0 spiro atoms. The van der Waals surface area contributed by atoms with Crippen molar-refractivity contribution in [3.63, 3.8) is 0 Å². The number of ketones is 1. The van der Waals surface area contributed by atoms with Crippen LogP contribution in [0.25, 0.3) is 0 Å². The van der Waals surface area contributed by atoms with Gasteiger partial charge in [-0.1, -0.05) is 53.5 Å². The number of amides is 1. The van der Waals surface area contributed by atoms with E-state index in [1.54, 1.807) is 54.6 Å². The highest BCUT2D eigenvalue weighted by molar-refractivity contribution is 6.31. The topological polar surface area (TPSA) is 72.5 Å². The van der Waals surface area contributed by atoms with E-state index >= 15 is 0 Å². The van der Waals surface area contributed by atoms with E-state index in [2.05, 4.69) is 5.32 Å². The molecule has 0 bridgehead atoms. The van der Waals surface area contributed by atoms with Gasteiger partial charge in [-0.3, -0.25) is 9.59 Å². The number of ether oxygens (including phenoxy) is 1. The average Bonchev–Trinajstić information content (AvgIpc) is 2.76. The van der Waals surface area contributed by atoms with Gasteiger partial charge in [0.25, 0.3) is 5.91 Å². The van der Waals surface area contributed by atoms with Crippen LogP contribution in [0.3, 0.4) is 0 Å². The van der Waals surface area contributed by atoms with Crippen LogP contribution in [0.1, 0.15) is 31.8 Å². The molecule has 5 nitrogen and oxygen atoms in total. The Morgan fingerprint density at radius 3 is 2.20 bits per heavy atom. The molecule has 0 fully saturated rings. The van der Waals surface area contributed by atoms with Gasteiger partial charge in [-0.2, -0.15) is 0 Å². The molecular formula is C23H17Cl2NO4. The highest BCUT2D eigenvalue weighted by Gasteiger charge is 2.19. The third-order valence-electron chi connectivity index (χ3n) is 4.21. The monoisotopic (exact) mass is 441 g/mol. The van der Waals surface area contributed by atoms with Crippen LogP contribution < -0.4 is 5.32 Å². The van der Waals surface area contributed by atoms with Crippen LogP contribution in [-0.4, -0.2) is 24.3 Å². The summed E-state index contributed by atoms with van der Waals surface area (Å²) in [6.45, 7) is -0.217. The van der Waals surface area contributed by atoms with E-state index in [9.17, 15) is 14.4 Å². The number of carbonyl (C=O) groups is 3. The van der Waals surface area contributed by atoms with Gasteiger partial charge in [0.1, 0.15) is 0 Å². The molecule has 1 amide bonds. The first-order valence-electron chi connectivity index (χ1n) is 9.01. The largest absolute Gasteiger partial charge is 0.452 e. The summed E-state index contributed by atoms with van der Waals surface area (Å²) in [7, 11) is 0. The van der Waals surface area contributed by atoms with E-state index in [1.807, 2.05) is 6.07 Å². The van der Waals surface area contributed by atoms with Crippen molar-refractivity contribution in [3.05, 3.63) is 105 Å². The minimum absolute atomic E-state index is 0.0834. The van der Waals surface area contributed by atoms with Crippen molar-refractivity contribution < 1.29 is 19.1 Å². The molecule has 0 aromatic heterocycles. The first kappa shape index (κ1) is 21.6. The quantitative estimate of drug-likeness (QED) is 0.426. The molecule has 0 radical (unpaired) electrons. The Kier molecular flexibility index (Phi) is 7.22. The molecule has 0 saturated carbocycles. The highest BCUT2D eigenvalue weighted by atomic mass is 35.5. The first-order valence-corrected chi connectivity index (χ1v) is 9.77. The van der Waals surface area contributed by atoms with Crippen molar-refractivity contribution in [2.24, 2.45) is 0 Å². The molecule has 0 atom stereocenters. The summed E-state index contributed by atoms with van der Waals surface area (Å²) in [5.41, 5.74) is 1.48. The molecular weight excluding hydrogens is 425 g/mol. The molecule has 1 N–H and O–H groups in total. The second-order valence-corrected chi connectivity index (χ2v) is 7.24. The van der Waals surface area contributed by atoms with E-state index in [-0.39, 0.29) is 23.5 Å². The summed E-state index contributed by atoms with van der Waals surface area (Å²) in [5.74, 6) is -1.57. The zero-order valence-electron chi connectivity index (χ0n) is 15.7. The van der Waals surface area contributed by atoms with Crippen LogP contribution in [0, 0.1) is 0 Å². The van der Waals surface area contributed by atoms with Crippen molar-refractivity contribution in [2.45, 2.75) is 6.54 Å². The molecule has 0 aliphatic rings. The molecule has 7 heteroatoms. The number of esters is 1. The summed E-state index contributed by atoms with van der Waals surface area (Å²) >= 11 is 11.8. The van der Waals surface area contributed by atoms with Crippen molar-refractivity contribution in [3.8, 4) is 0 Å². The number of nitrogens with one attached hydrogen (secondary N) is 1. The van der Waals surface area contributed by atoms with Gasteiger partial charge in [-0.25, -0.2) is 4.79 Å². The first-order chi connectivity index (χ1) is 14.4. The van der Waals surface area contributed by atoms with Crippen molar-refractivity contribution in [2.75, 3.05) is 6.61 Å². The van der Waals surface area contributed by atoms with E-state index in [0.717, 1.165) is 5.56 Å². The fourth-order valence-corrected chi connectivity index (χ4v) is 3.06. The lowest BCUT2D eigenvalue weighted by Crippen LogP contribution is -2.28. The normalized spacial score (nSPS) is 10.3. The standard InChI is InChI=1S/C23H17Cl2NO4/c24-17-10-8-16(9-11-17)22(28)19-6-1-2-7-20(19)23(29)30-14-21(27)26-13-15-4-3-5-18(25)12-15/h1-12H,13-14H2,(H,26,27). The lowest BCUT2D eigenvalue weighted by Gasteiger charge is -2.10. The third kappa shape index (κ3) is 5.69. The fraction of sp³-hybridized carbons (Fsp3) is 0.0870. The SMILES string of the molecule is O=C(COC(=O)c1ccccc1C(=O)c1ccc(Cl)cc1)NCc1cccc(Cl)c1. The second kappa shape index (κ2) is 10.1. The molecule has 152 valence electrons. The Balaban J connectivity index is 1.62. The van der Waals surface area contributed by atoms with Gasteiger partial charge >= 0.3 is 5.97 Å². The van der Waals surface area contributed by atoms with Crippen LogP contribution in [-0.2, 0) is 16.1 Å². The number of rotatable bonds is 7. The Hall–Kier alpha value is -3.15. The number of carbonyl (C=O) groups excluding carboxylic acids is 3. The maximum Gasteiger partial charge on any atom is 0.339 e. The number of halogens is 2. The predicted molar refractivity (Wildman–Crippen MR) is 115 cm³/mol. The number of hydrogen-bond acceptors (Lipinski definition) is 4. The zero-order valence-corrected chi connectivity index (χ0v) is 17.2. The average molecular weight is 442 g/mol. The molecule has 3 aromatic carbocycles. The van der Waals surface area contributed by atoms with E-state index in [0.29, 0.717) is 15.6 Å². The molecule has 0 aliphatic heterocycles. The Bertz CT molecular complexity index is 1080. The van der Waals surface area contributed by atoms with Gasteiger partial charge in [-0.05, 0) is 48.0 Å². The van der Waals surface area contributed by atoms with Crippen LogP contribution in [0.4, 0.5) is 0 Å². The van der Waals surface area contributed by atoms with Gasteiger partial charge in [-0.15, -0.1) is 0 Å². The van der Waals surface area contributed by atoms with Gasteiger partial charge in [0.15, 0.2) is 12.4 Å². The van der Waals surface area contributed by atoms with E-state index < -0.39 is 18.5 Å². The van der Waals surface area contributed by atoms with Crippen LogP contribution >= 0.6 is 23.2 Å². The minimum atomic E-state index is -0.759. The Morgan fingerprint density at radius 2 is 1.50 bits per heavy atom. The maximum atomic E-state index is 12.8. The molecule has 0 saturated heterocycles. The Labute approximate surface area is 183 Å². The van der Waals surface area contributed by atoms with Crippen LogP contribution in [0.5, 0.6) is 0 Å². The number of benzene rings is 3. The predicted octanol–water partition coefficient (Wildman–Crippen LogP) is 4.70. The molecule has 0 aliphatic carbocycles. The van der Waals surface area contributed by atoms with Gasteiger partial charge in [0, 0.05) is 27.7 Å². The second-order valence-electron chi connectivity index (χ2n) is 6.36. The summed E-state index contributed by atoms with van der Waals surface area (Å²) in [5, 5.41) is 3.72. The lowest BCUT2D eigenvalue weighted by molar-refractivity contribution is -0.124. The van der Waals surface area contributed by atoms with Crippen molar-refractivity contribution in [1.29, 1.82) is 0 Å². The van der Waals surface area contributed by atoms with Gasteiger partial charge < -0.3 is 10.1 Å². The van der Waals surface area contributed by atoms with E-state index in [4.69, 9.17) is 27.9 Å².